The number of para-hydroxylation sites is 1. The second-order valence-corrected chi connectivity index (χ2v) is 6.41. The average Bonchev–Trinajstić information content (AvgIpc) is 2.90. The van der Waals surface area contributed by atoms with Crippen LogP contribution < -0.4 is 4.90 Å². The molecule has 0 aliphatic carbocycles. The van der Waals surface area contributed by atoms with Gasteiger partial charge in [-0.1, -0.05) is 60.7 Å². The predicted molar refractivity (Wildman–Crippen MR) is 98.8 cm³/mol. The van der Waals surface area contributed by atoms with Crippen LogP contribution in [0.5, 0.6) is 0 Å². The molecule has 0 radical (unpaired) electrons. The number of nitrogens with zero attached hydrogens (tertiary/aromatic N) is 1. The fraction of sp³-hybridized carbons (Fsp3) is 0. The lowest BCUT2D eigenvalue weighted by Crippen LogP contribution is -2.27. The number of hydrogen-bond donors (Lipinski definition) is 0. The largest absolute Gasteiger partial charge is 0.298 e. The molecule has 4 heteroatoms. The van der Waals surface area contributed by atoms with Gasteiger partial charge in [-0.2, -0.15) is 0 Å². The Hall–Kier alpha value is -2.85. The van der Waals surface area contributed by atoms with Gasteiger partial charge in [-0.15, -0.1) is 0 Å². The van der Waals surface area contributed by atoms with Crippen LogP contribution in [-0.2, 0) is 4.79 Å². The van der Waals surface area contributed by atoms with Crippen molar-refractivity contribution in [2.24, 2.45) is 0 Å². The molecule has 0 saturated carbocycles. The Morgan fingerprint density at radius 2 is 1.50 bits per heavy atom. The SMILES string of the molecule is O=C1S/C(=C\c2cccc3ccccc23)C(=O)N1c1ccccc1. The fourth-order valence-electron chi connectivity index (χ4n) is 2.78. The van der Waals surface area contributed by atoms with Crippen LogP contribution in [-0.4, -0.2) is 11.1 Å². The number of amides is 2. The van der Waals surface area contributed by atoms with E-state index in [1.807, 2.05) is 60.7 Å². The van der Waals surface area contributed by atoms with E-state index in [9.17, 15) is 9.59 Å². The zero-order chi connectivity index (χ0) is 16.5. The molecule has 0 atom stereocenters. The zero-order valence-corrected chi connectivity index (χ0v) is 13.5. The number of fused-ring (bicyclic) bond motifs is 1. The first-order valence-electron chi connectivity index (χ1n) is 7.55. The average molecular weight is 331 g/mol. The van der Waals surface area contributed by atoms with E-state index >= 15 is 0 Å². The van der Waals surface area contributed by atoms with Gasteiger partial charge >= 0.3 is 0 Å². The summed E-state index contributed by atoms with van der Waals surface area (Å²) >= 11 is 0.979. The number of hydrogen-bond acceptors (Lipinski definition) is 3. The van der Waals surface area contributed by atoms with Crippen LogP contribution in [0.15, 0.2) is 77.7 Å². The molecule has 0 bridgehead atoms. The van der Waals surface area contributed by atoms with E-state index in [4.69, 9.17) is 0 Å². The Morgan fingerprint density at radius 3 is 2.33 bits per heavy atom. The predicted octanol–water partition coefficient (Wildman–Crippen LogP) is 5.08. The van der Waals surface area contributed by atoms with Gasteiger partial charge < -0.3 is 0 Å². The molecule has 3 aromatic carbocycles. The number of benzene rings is 3. The fourth-order valence-corrected chi connectivity index (χ4v) is 3.62. The minimum atomic E-state index is -0.274. The van der Waals surface area contributed by atoms with Crippen molar-refractivity contribution in [2.45, 2.75) is 0 Å². The summed E-state index contributed by atoms with van der Waals surface area (Å²) in [6.07, 6.45) is 1.80. The van der Waals surface area contributed by atoms with Crippen molar-refractivity contribution < 1.29 is 9.59 Å². The highest BCUT2D eigenvalue weighted by atomic mass is 32.2. The van der Waals surface area contributed by atoms with Crippen LogP contribution in [0.3, 0.4) is 0 Å². The summed E-state index contributed by atoms with van der Waals surface area (Å²) in [5, 5.41) is 1.90. The number of rotatable bonds is 2. The molecular formula is C20H13NO2S. The van der Waals surface area contributed by atoms with Gasteiger partial charge in [0, 0.05) is 0 Å². The standard InChI is InChI=1S/C20H13NO2S/c22-19-18(24-20(23)21(19)16-10-2-1-3-11-16)13-15-9-6-8-14-7-4-5-12-17(14)15/h1-13H/b18-13-. The summed E-state index contributed by atoms with van der Waals surface area (Å²) in [5.74, 6) is -0.274. The van der Waals surface area contributed by atoms with Crippen LogP contribution in [0, 0.1) is 0 Å². The number of anilines is 1. The molecule has 1 heterocycles. The minimum absolute atomic E-state index is 0.266. The van der Waals surface area contributed by atoms with Gasteiger partial charge in [-0.05, 0) is 46.3 Å². The highest BCUT2D eigenvalue weighted by molar-refractivity contribution is 8.19. The van der Waals surface area contributed by atoms with E-state index in [1.165, 1.54) is 4.90 Å². The topological polar surface area (TPSA) is 37.4 Å². The van der Waals surface area contributed by atoms with Gasteiger partial charge in [-0.3, -0.25) is 9.59 Å². The minimum Gasteiger partial charge on any atom is -0.268 e. The van der Waals surface area contributed by atoms with E-state index in [0.717, 1.165) is 28.1 Å². The molecule has 1 fully saturated rings. The van der Waals surface area contributed by atoms with Gasteiger partial charge in [-0.25, -0.2) is 4.90 Å². The maximum atomic E-state index is 12.7. The Bertz CT molecular complexity index is 974. The normalized spacial score (nSPS) is 16.3. The summed E-state index contributed by atoms with van der Waals surface area (Å²) < 4.78 is 0. The lowest BCUT2D eigenvalue weighted by atomic mass is 10.0. The second kappa shape index (κ2) is 5.98. The maximum absolute atomic E-state index is 12.7. The van der Waals surface area contributed by atoms with E-state index in [2.05, 4.69) is 0 Å². The van der Waals surface area contributed by atoms with Crippen molar-refractivity contribution in [2.75, 3.05) is 4.90 Å². The van der Waals surface area contributed by atoms with Crippen LogP contribution in [0.1, 0.15) is 5.56 Å². The third-order valence-electron chi connectivity index (χ3n) is 3.92. The van der Waals surface area contributed by atoms with E-state index in [-0.39, 0.29) is 11.1 Å². The number of imide groups is 1. The van der Waals surface area contributed by atoms with Crippen molar-refractivity contribution in [1.82, 2.24) is 0 Å². The van der Waals surface area contributed by atoms with Crippen LogP contribution in [0.2, 0.25) is 0 Å². The molecule has 3 aromatic rings. The van der Waals surface area contributed by atoms with Crippen molar-refractivity contribution >= 4 is 45.4 Å². The van der Waals surface area contributed by atoms with Crippen molar-refractivity contribution in [3.8, 4) is 0 Å². The summed E-state index contributed by atoms with van der Waals surface area (Å²) in [5.41, 5.74) is 1.54. The summed E-state index contributed by atoms with van der Waals surface area (Å²) in [4.78, 5) is 26.6. The van der Waals surface area contributed by atoms with Crippen LogP contribution in [0.25, 0.3) is 16.8 Å². The highest BCUT2D eigenvalue weighted by Gasteiger charge is 2.36. The molecule has 24 heavy (non-hydrogen) atoms. The molecule has 1 saturated heterocycles. The van der Waals surface area contributed by atoms with E-state index in [1.54, 1.807) is 18.2 Å². The molecule has 1 aliphatic heterocycles. The molecule has 0 N–H and O–H groups in total. The third-order valence-corrected chi connectivity index (χ3v) is 4.79. The first-order chi connectivity index (χ1) is 11.7. The van der Waals surface area contributed by atoms with E-state index in [0.29, 0.717) is 10.6 Å². The monoisotopic (exact) mass is 331 g/mol. The van der Waals surface area contributed by atoms with Gasteiger partial charge in [0.2, 0.25) is 0 Å². The second-order valence-electron chi connectivity index (χ2n) is 5.42. The molecular weight excluding hydrogens is 318 g/mol. The number of thioether (sulfide) groups is 1. The van der Waals surface area contributed by atoms with Gasteiger partial charge in [0.1, 0.15) is 0 Å². The Morgan fingerprint density at radius 1 is 0.792 bits per heavy atom. The molecule has 1 aliphatic rings. The Balaban J connectivity index is 1.76. The van der Waals surface area contributed by atoms with Crippen LogP contribution >= 0.6 is 11.8 Å². The molecule has 4 rings (SSSR count). The Labute approximate surface area is 143 Å². The van der Waals surface area contributed by atoms with Gasteiger partial charge in [0.05, 0.1) is 10.6 Å². The quantitative estimate of drug-likeness (QED) is 0.615. The molecule has 0 unspecified atom stereocenters. The lowest BCUT2D eigenvalue weighted by molar-refractivity contribution is -0.113. The highest BCUT2D eigenvalue weighted by Crippen LogP contribution is 2.36. The zero-order valence-electron chi connectivity index (χ0n) is 12.7. The molecule has 0 spiro atoms. The van der Waals surface area contributed by atoms with Gasteiger partial charge in [0.15, 0.2) is 0 Å². The molecule has 116 valence electrons. The van der Waals surface area contributed by atoms with Crippen LogP contribution in [0.4, 0.5) is 10.5 Å². The molecule has 3 nitrogen and oxygen atoms in total. The van der Waals surface area contributed by atoms with E-state index < -0.39 is 0 Å². The van der Waals surface area contributed by atoms with Crippen molar-refractivity contribution in [3.05, 3.63) is 83.3 Å². The van der Waals surface area contributed by atoms with Gasteiger partial charge in [0.25, 0.3) is 11.1 Å². The lowest BCUT2D eigenvalue weighted by Gasteiger charge is -2.11. The summed E-state index contributed by atoms with van der Waals surface area (Å²) in [6, 6.07) is 22.9. The first kappa shape index (κ1) is 14.7. The van der Waals surface area contributed by atoms with Crippen molar-refractivity contribution in [1.29, 1.82) is 0 Å². The summed E-state index contributed by atoms with van der Waals surface area (Å²) in [6.45, 7) is 0. The molecule has 0 aromatic heterocycles. The number of carbonyl (C=O) groups is 2. The molecule has 2 amide bonds. The smallest absolute Gasteiger partial charge is 0.268 e. The Kier molecular flexibility index (Phi) is 3.67. The first-order valence-corrected chi connectivity index (χ1v) is 8.36. The maximum Gasteiger partial charge on any atom is 0.298 e. The van der Waals surface area contributed by atoms with Crippen molar-refractivity contribution in [3.63, 3.8) is 0 Å². The third kappa shape index (κ3) is 2.51. The summed E-state index contributed by atoms with van der Waals surface area (Å²) in [7, 11) is 0. The number of carbonyl (C=O) groups excluding carboxylic acids is 2.